The lowest BCUT2D eigenvalue weighted by Crippen LogP contribution is -2.53. The van der Waals surface area contributed by atoms with Crippen molar-refractivity contribution in [2.75, 3.05) is 14.1 Å². The highest BCUT2D eigenvalue weighted by Gasteiger charge is 2.50. The Labute approximate surface area is 95.3 Å². The molecule has 0 bridgehead atoms. The number of benzene rings is 2. The van der Waals surface area contributed by atoms with Crippen LogP contribution in [0.4, 0.5) is 5.69 Å². The predicted octanol–water partition coefficient (Wildman–Crippen LogP) is 2.59. The Morgan fingerprint density at radius 2 is 1.69 bits per heavy atom. The third-order valence-electron chi connectivity index (χ3n) is 4.08. The Kier molecular flexibility index (Phi) is 1.63. The standard InChI is InChI=1S/C14H16NO/c1-14(16)11-8-4-6-10-7-5-9-12(13(10)11)15(14,2)3/h4-9,16H,1-3H3/q+1/t14-/m0/s1. The van der Waals surface area contributed by atoms with Gasteiger partial charge in [0.2, 0.25) is 5.72 Å². The first-order valence-electron chi connectivity index (χ1n) is 5.55. The van der Waals surface area contributed by atoms with Gasteiger partial charge in [-0.25, -0.2) is 0 Å². The van der Waals surface area contributed by atoms with E-state index in [9.17, 15) is 5.11 Å². The summed E-state index contributed by atoms with van der Waals surface area (Å²) in [5, 5.41) is 13.1. The molecule has 0 radical (unpaired) electrons. The van der Waals surface area contributed by atoms with E-state index in [4.69, 9.17) is 0 Å². The SMILES string of the molecule is C[C@]1(O)c2cccc3cccc(c23)[N+]1(C)C. The number of quaternary nitrogens is 1. The maximum atomic E-state index is 10.7. The Morgan fingerprint density at radius 3 is 2.38 bits per heavy atom. The highest BCUT2D eigenvalue weighted by molar-refractivity contribution is 5.99. The predicted molar refractivity (Wildman–Crippen MR) is 67.2 cm³/mol. The van der Waals surface area contributed by atoms with Crippen LogP contribution in [0.15, 0.2) is 36.4 Å². The van der Waals surface area contributed by atoms with Crippen LogP contribution in [0.2, 0.25) is 0 Å². The fourth-order valence-electron chi connectivity index (χ4n) is 2.72. The molecule has 0 saturated heterocycles. The van der Waals surface area contributed by atoms with Crippen molar-refractivity contribution >= 4 is 16.5 Å². The molecular formula is C14H16NO+. The van der Waals surface area contributed by atoms with E-state index in [2.05, 4.69) is 38.4 Å². The molecular weight excluding hydrogens is 198 g/mol. The van der Waals surface area contributed by atoms with E-state index in [0.717, 1.165) is 5.56 Å². The quantitative estimate of drug-likeness (QED) is 0.668. The second-order valence-electron chi connectivity index (χ2n) is 5.16. The summed E-state index contributed by atoms with van der Waals surface area (Å²) in [6, 6.07) is 12.4. The molecule has 1 aliphatic heterocycles. The largest absolute Gasteiger partial charge is 0.338 e. The number of hydrogen-bond donors (Lipinski definition) is 1. The molecule has 0 aromatic heterocycles. The van der Waals surface area contributed by atoms with Crippen LogP contribution in [-0.2, 0) is 5.72 Å². The zero-order chi connectivity index (χ0) is 11.6. The first-order valence-corrected chi connectivity index (χ1v) is 5.55. The van der Waals surface area contributed by atoms with Crippen molar-refractivity contribution in [1.29, 1.82) is 0 Å². The first-order chi connectivity index (χ1) is 7.46. The van der Waals surface area contributed by atoms with Gasteiger partial charge in [0, 0.05) is 6.92 Å². The van der Waals surface area contributed by atoms with Crippen molar-refractivity contribution in [2.24, 2.45) is 0 Å². The molecule has 0 aliphatic carbocycles. The van der Waals surface area contributed by atoms with Gasteiger partial charge in [-0.05, 0) is 17.5 Å². The van der Waals surface area contributed by atoms with Crippen LogP contribution in [0.3, 0.4) is 0 Å². The van der Waals surface area contributed by atoms with Gasteiger partial charge in [-0.2, -0.15) is 0 Å². The average Bonchev–Trinajstić information content (AvgIpc) is 2.40. The van der Waals surface area contributed by atoms with Gasteiger partial charge in [-0.15, -0.1) is 0 Å². The van der Waals surface area contributed by atoms with E-state index in [-0.39, 0.29) is 0 Å². The maximum absolute atomic E-state index is 10.7. The lowest BCUT2D eigenvalue weighted by atomic mass is 10.0. The van der Waals surface area contributed by atoms with Crippen LogP contribution in [0.5, 0.6) is 0 Å². The third kappa shape index (κ3) is 0.896. The number of nitrogens with zero attached hydrogens (tertiary/aromatic N) is 1. The first kappa shape index (κ1) is 9.82. The summed E-state index contributed by atoms with van der Waals surface area (Å²) < 4.78 is 0.490. The summed E-state index contributed by atoms with van der Waals surface area (Å²) >= 11 is 0. The third-order valence-corrected chi connectivity index (χ3v) is 4.08. The van der Waals surface area contributed by atoms with E-state index >= 15 is 0 Å². The van der Waals surface area contributed by atoms with E-state index < -0.39 is 5.72 Å². The lowest BCUT2D eigenvalue weighted by molar-refractivity contribution is -0.0586. The van der Waals surface area contributed by atoms with Gasteiger partial charge in [0.1, 0.15) is 5.69 Å². The molecule has 16 heavy (non-hydrogen) atoms. The smallest absolute Gasteiger partial charge is 0.229 e. The van der Waals surface area contributed by atoms with Crippen LogP contribution in [0, 0.1) is 0 Å². The van der Waals surface area contributed by atoms with Crippen molar-refractivity contribution in [3.63, 3.8) is 0 Å². The molecule has 82 valence electrons. The van der Waals surface area contributed by atoms with Gasteiger partial charge in [-0.3, -0.25) is 4.48 Å². The van der Waals surface area contributed by atoms with Gasteiger partial charge >= 0.3 is 0 Å². The molecule has 1 atom stereocenters. The molecule has 2 aromatic carbocycles. The van der Waals surface area contributed by atoms with Crippen LogP contribution >= 0.6 is 0 Å². The number of rotatable bonds is 0. The van der Waals surface area contributed by atoms with Crippen molar-refractivity contribution in [1.82, 2.24) is 4.48 Å². The van der Waals surface area contributed by atoms with Crippen molar-refractivity contribution in [3.05, 3.63) is 42.0 Å². The highest BCUT2D eigenvalue weighted by atomic mass is 16.3. The van der Waals surface area contributed by atoms with Gasteiger partial charge in [0.25, 0.3) is 0 Å². The minimum atomic E-state index is -0.844. The van der Waals surface area contributed by atoms with Crippen molar-refractivity contribution in [2.45, 2.75) is 12.6 Å². The second-order valence-corrected chi connectivity index (χ2v) is 5.16. The minimum Gasteiger partial charge on any atom is -0.338 e. The molecule has 0 amide bonds. The summed E-state index contributed by atoms with van der Waals surface area (Å²) in [6.45, 7) is 1.89. The molecule has 2 aromatic rings. The zero-order valence-electron chi connectivity index (χ0n) is 9.86. The van der Waals surface area contributed by atoms with Crippen LogP contribution < -0.4 is 4.48 Å². The summed E-state index contributed by atoms with van der Waals surface area (Å²) in [5.41, 5.74) is 1.38. The molecule has 0 fully saturated rings. The Bertz CT molecular complexity index is 536. The summed E-state index contributed by atoms with van der Waals surface area (Å²) in [4.78, 5) is 0. The normalized spacial score (nSPS) is 26.2. The zero-order valence-corrected chi connectivity index (χ0v) is 9.86. The van der Waals surface area contributed by atoms with Crippen molar-refractivity contribution in [3.8, 4) is 0 Å². The molecule has 1 N–H and O–H groups in total. The summed E-state index contributed by atoms with van der Waals surface area (Å²) in [7, 11) is 4.10. The molecule has 3 rings (SSSR count). The summed E-state index contributed by atoms with van der Waals surface area (Å²) in [6.07, 6.45) is 0. The number of aliphatic hydroxyl groups is 1. The molecule has 1 heterocycles. The maximum Gasteiger partial charge on any atom is 0.229 e. The number of hydrogen-bond acceptors (Lipinski definition) is 1. The fourth-order valence-corrected chi connectivity index (χ4v) is 2.72. The van der Waals surface area contributed by atoms with Crippen LogP contribution in [0.25, 0.3) is 10.8 Å². The molecule has 2 nitrogen and oxygen atoms in total. The van der Waals surface area contributed by atoms with Gasteiger partial charge in [-0.1, -0.05) is 24.3 Å². The van der Waals surface area contributed by atoms with Gasteiger partial charge in [0.05, 0.1) is 25.0 Å². The van der Waals surface area contributed by atoms with Gasteiger partial charge in [0.15, 0.2) is 0 Å². The van der Waals surface area contributed by atoms with Crippen LogP contribution in [0.1, 0.15) is 12.5 Å². The van der Waals surface area contributed by atoms with Crippen molar-refractivity contribution < 1.29 is 5.11 Å². The summed E-state index contributed by atoms with van der Waals surface area (Å²) in [5.74, 6) is 0. The molecule has 0 spiro atoms. The Hall–Kier alpha value is -1.38. The van der Waals surface area contributed by atoms with E-state index in [0.29, 0.717) is 4.48 Å². The lowest BCUT2D eigenvalue weighted by Gasteiger charge is -2.37. The van der Waals surface area contributed by atoms with E-state index in [1.54, 1.807) is 0 Å². The Balaban J connectivity index is 2.54. The highest BCUT2D eigenvalue weighted by Crippen LogP contribution is 2.49. The van der Waals surface area contributed by atoms with Crippen LogP contribution in [-0.4, -0.2) is 19.2 Å². The van der Waals surface area contributed by atoms with Gasteiger partial charge < -0.3 is 5.11 Å². The average molecular weight is 214 g/mol. The van der Waals surface area contributed by atoms with E-state index in [1.165, 1.54) is 16.5 Å². The monoisotopic (exact) mass is 214 g/mol. The Morgan fingerprint density at radius 1 is 1.06 bits per heavy atom. The fraction of sp³-hybridized carbons (Fsp3) is 0.286. The molecule has 0 saturated carbocycles. The van der Waals surface area contributed by atoms with E-state index in [1.807, 2.05) is 19.1 Å². The molecule has 1 aliphatic rings. The minimum absolute atomic E-state index is 0.490. The second kappa shape index (κ2) is 2.65. The molecule has 2 heteroatoms. The molecule has 0 unspecified atom stereocenters. The topological polar surface area (TPSA) is 20.2 Å².